The number of ether oxygens (including phenoxy) is 2. The predicted molar refractivity (Wildman–Crippen MR) is 69.4 cm³/mol. The summed E-state index contributed by atoms with van der Waals surface area (Å²) in [5.74, 6) is -0.565. The Balaban J connectivity index is 4.54. The van der Waals surface area contributed by atoms with Gasteiger partial charge in [0.1, 0.15) is 11.6 Å². The van der Waals surface area contributed by atoms with Crippen LogP contribution in [0.2, 0.25) is 0 Å². The Hall–Kier alpha value is -1.23. The van der Waals surface area contributed by atoms with Gasteiger partial charge in [-0.1, -0.05) is 18.2 Å². The number of esters is 1. The van der Waals surface area contributed by atoms with Gasteiger partial charge in [-0.25, -0.2) is 9.59 Å². The highest BCUT2D eigenvalue weighted by molar-refractivity contribution is 6.29. The molecular formula is C12H20ClNO4. The smallest absolute Gasteiger partial charge is 0.408 e. The number of carbonyl (C=O) groups excluding carboxylic acids is 2. The molecule has 104 valence electrons. The molecule has 1 atom stereocenters. The van der Waals surface area contributed by atoms with Crippen molar-refractivity contribution in [1.29, 1.82) is 0 Å². The Morgan fingerprint density at radius 3 is 2.33 bits per heavy atom. The molecule has 0 rings (SSSR count). The van der Waals surface area contributed by atoms with Crippen molar-refractivity contribution in [1.82, 2.24) is 5.32 Å². The highest BCUT2D eigenvalue weighted by atomic mass is 35.5. The third kappa shape index (κ3) is 7.95. The Kier molecular flexibility index (Phi) is 6.76. The summed E-state index contributed by atoms with van der Waals surface area (Å²) in [5.41, 5.74) is -0.638. The third-order valence-corrected chi connectivity index (χ3v) is 1.84. The zero-order valence-corrected chi connectivity index (χ0v) is 12.0. The minimum Gasteiger partial charge on any atom is -0.464 e. The Morgan fingerprint density at radius 1 is 1.39 bits per heavy atom. The maximum absolute atomic E-state index is 11.6. The van der Waals surface area contributed by atoms with Crippen molar-refractivity contribution in [3.63, 3.8) is 0 Å². The molecule has 0 aliphatic rings. The lowest BCUT2D eigenvalue weighted by Crippen LogP contribution is -2.44. The van der Waals surface area contributed by atoms with Gasteiger partial charge in [0.05, 0.1) is 6.61 Å². The molecule has 0 aromatic heterocycles. The number of alkyl carbamates (subject to hydrolysis) is 1. The van der Waals surface area contributed by atoms with Crippen molar-refractivity contribution >= 4 is 23.7 Å². The highest BCUT2D eigenvalue weighted by Gasteiger charge is 2.25. The van der Waals surface area contributed by atoms with Gasteiger partial charge in [-0.15, -0.1) is 0 Å². The molecule has 1 unspecified atom stereocenters. The second-order valence-electron chi connectivity index (χ2n) is 4.67. The molecule has 0 aromatic carbocycles. The van der Waals surface area contributed by atoms with Crippen LogP contribution in [0.3, 0.4) is 0 Å². The van der Waals surface area contributed by atoms with E-state index in [1.165, 1.54) is 0 Å². The molecule has 0 bridgehead atoms. The van der Waals surface area contributed by atoms with Crippen molar-refractivity contribution in [3.05, 3.63) is 11.6 Å². The summed E-state index contributed by atoms with van der Waals surface area (Å²) in [7, 11) is 0. The molecule has 5 nitrogen and oxygen atoms in total. The zero-order valence-electron chi connectivity index (χ0n) is 11.2. The summed E-state index contributed by atoms with van der Waals surface area (Å²) in [6, 6.07) is -0.884. The number of hydrogen-bond donors (Lipinski definition) is 1. The average Bonchev–Trinajstić information content (AvgIpc) is 2.13. The van der Waals surface area contributed by atoms with Crippen LogP contribution in [0.5, 0.6) is 0 Å². The summed E-state index contributed by atoms with van der Waals surface area (Å²) >= 11 is 5.64. The van der Waals surface area contributed by atoms with Crippen LogP contribution < -0.4 is 5.32 Å². The van der Waals surface area contributed by atoms with Crippen molar-refractivity contribution < 1.29 is 19.1 Å². The van der Waals surface area contributed by atoms with Crippen molar-refractivity contribution in [2.24, 2.45) is 0 Å². The van der Waals surface area contributed by atoms with Crippen LogP contribution in [0.1, 0.15) is 34.1 Å². The van der Waals surface area contributed by atoms with E-state index in [0.29, 0.717) is 0 Å². The van der Waals surface area contributed by atoms with Crippen LogP contribution in [0.4, 0.5) is 4.79 Å². The van der Waals surface area contributed by atoms with Gasteiger partial charge in [0.15, 0.2) is 0 Å². The molecule has 0 aromatic rings. The normalized spacial score (nSPS) is 12.5. The molecule has 1 N–H and O–H groups in total. The lowest BCUT2D eigenvalue weighted by atomic mass is 10.2. The van der Waals surface area contributed by atoms with Crippen molar-refractivity contribution in [3.8, 4) is 0 Å². The van der Waals surface area contributed by atoms with Crippen molar-refractivity contribution in [2.75, 3.05) is 6.61 Å². The highest BCUT2D eigenvalue weighted by Crippen LogP contribution is 2.11. The first-order chi connectivity index (χ1) is 8.15. The number of carbonyl (C=O) groups is 2. The molecule has 0 spiro atoms. The van der Waals surface area contributed by atoms with E-state index in [4.69, 9.17) is 21.1 Å². The number of hydrogen-bond acceptors (Lipinski definition) is 4. The second-order valence-corrected chi connectivity index (χ2v) is 5.21. The molecule has 0 radical (unpaired) electrons. The Bertz CT molecular complexity index is 323. The monoisotopic (exact) mass is 277 g/mol. The van der Waals surface area contributed by atoms with E-state index in [2.05, 4.69) is 11.9 Å². The predicted octanol–water partition coefficient (Wildman–Crippen LogP) is 2.59. The summed E-state index contributed by atoms with van der Waals surface area (Å²) < 4.78 is 9.87. The summed E-state index contributed by atoms with van der Waals surface area (Å²) in [6.45, 7) is 10.6. The molecule has 1 amide bonds. The lowest BCUT2D eigenvalue weighted by molar-refractivity contribution is -0.145. The quantitative estimate of drug-likeness (QED) is 0.785. The van der Waals surface area contributed by atoms with Crippen LogP contribution in [0.15, 0.2) is 11.6 Å². The molecule has 0 saturated heterocycles. The van der Waals surface area contributed by atoms with Crippen LogP contribution in [-0.2, 0) is 14.3 Å². The topological polar surface area (TPSA) is 64.6 Å². The van der Waals surface area contributed by atoms with Crippen LogP contribution in [-0.4, -0.2) is 30.3 Å². The van der Waals surface area contributed by atoms with Gasteiger partial charge in [-0.3, -0.25) is 0 Å². The van der Waals surface area contributed by atoms with E-state index in [1.54, 1.807) is 27.7 Å². The molecule has 0 heterocycles. The summed E-state index contributed by atoms with van der Waals surface area (Å²) in [4.78, 5) is 23.1. The minimum atomic E-state index is -0.884. The van der Waals surface area contributed by atoms with Gasteiger partial charge >= 0.3 is 12.1 Å². The molecule has 0 aliphatic heterocycles. The van der Waals surface area contributed by atoms with E-state index in [-0.39, 0.29) is 18.1 Å². The standard InChI is InChI=1S/C12H20ClNO4/c1-6-17-10(15)9(7-8(2)13)14-11(16)18-12(3,4)5/h9H,2,6-7H2,1,3-5H3,(H,14,16). The van der Waals surface area contributed by atoms with Gasteiger partial charge in [-0.05, 0) is 27.7 Å². The third-order valence-electron chi connectivity index (χ3n) is 1.69. The fourth-order valence-corrected chi connectivity index (χ4v) is 1.26. The van der Waals surface area contributed by atoms with E-state index >= 15 is 0 Å². The minimum absolute atomic E-state index is 0.0969. The average molecular weight is 278 g/mol. The van der Waals surface area contributed by atoms with Crippen LogP contribution in [0, 0.1) is 0 Å². The second kappa shape index (κ2) is 7.26. The summed E-state index contributed by atoms with van der Waals surface area (Å²) in [6.07, 6.45) is -0.599. The molecule has 0 aliphatic carbocycles. The first-order valence-electron chi connectivity index (χ1n) is 5.65. The lowest BCUT2D eigenvalue weighted by Gasteiger charge is -2.22. The zero-order chi connectivity index (χ0) is 14.3. The Morgan fingerprint density at radius 2 is 1.94 bits per heavy atom. The van der Waals surface area contributed by atoms with Gasteiger partial charge in [0.2, 0.25) is 0 Å². The largest absolute Gasteiger partial charge is 0.464 e. The first kappa shape index (κ1) is 16.8. The van der Waals surface area contributed by atoms with E-state index < -0.39 is 23.7 Å². The Labute approximate surface area is 112 Å². The maximum atomic E-state index is 11.6. The molecule has 0 saturated carbocycles. The molecule has 6 heteroatoms. The number of amides is 1. The summed E-state index contributed by atoms with van der Waals surface area (Å²) in [5, 5.41) is 2.66. The van der Waals surface area contributed by atoms with Crippen LogP contribution in [0.25, 0.3) is 0 Å². The molecule has 0 fully saturated rings. The van der Waals surface area contributed by atoms with Gasteiger partial charge in [0.25, 0.3) is 0 Å². The van der Waals surface area contributed by atoms with Gasteiger partial charge < -0.3 is 14.8 Å². The molecular weight excluding hydrogens is 258 g/mol. The fourth-order valence-electron chi connectivity index (χ4n) is 1.11. The van der Waals surface area contributed by atoms with Gasteiger partial charge in [-0.2, -0.15) is 0 Å². The first-order valence-corrected chi connectivity index (χ1v) is 6.03. The number of nitrogens with one attached hydrogen (secondary N) is 1. The van der Waals surface area contributed by atoms with E-state index in [0.717, 1.165) is 0 Å². The number of halogens is 1. The van der Waals surface area contributed by atoms with E-state index in [9.17, 15) is 9.59 Å². The van der Waals surface area contributed by atoms with Crippen molar-refractivity contribution in [2.45, 2.75) is 45.8 Å². The van der Waals surface area contributed by atoms with E-state index in [1.807, 2.05) is 0 Å². The van der Waals surface area contributed by atoms with Crippen LogP contribution >= 0.6 is 11.6 Å². The molecule has 18 heavy (non-hydrogen) atoms. The number of rotatable bonds is 5. The maximum Gasteiger partial charge on any atom is 0.408 e. The fraction of sp³-hybridized carbons (Fsp3) is 0.667. The van der Waals surface area contributed by atoms with Gasteiger partial charge in [0, 0.05) is 11.5 Å². The SMILES string of the molecule is C=C(Cl)CC(NC(=O)OC(C)(C)C)C(=O)OCC.